The first-order valence-corrected chi connectivity index (χ1v) is 7.94. The van der Waals surface area contributed by atoms with Crippen LogP contribution in [0.15, 0.2) is 0 Å². The molecule has 6 heteroatoms. The van der Waals surface area contributed by atoms with Crippen LogP contribution in [0.3, 0.4) is 0 Å². The van der Waals surface area contributed by atoms with Gasteiger partial charge >= 0.3 is 7.82 Å². The zero-order valence-corrected chi connectivity index (χ0v) is 12.5. The van der Waals surface area contributed by atoms with E-state index in [1.165, 1.54) is 49.9 Å². The maximum absolute atomic E-state index is 8.88. The highest BCUT2D eigenvalue weighted by molar-refractivity contribution is 7.45. The Morgan fingerprint density at radius 3 is 1.47 bits per heavy atom. The highest BCUT2D eigenvalue weighted by atomic mass is 31.2. The largest absolute Gasteiger partial charge is 0.466 e. The molecular formula is C11H29NO4P+. The Hall–Kier alpha value is 0.0700. The standard InChI is InChI=1S/C11H26N.H3O4P/c1-5-9-10-11-12(6-2,7-3)8-4;1-5(2,3)4/h5-11H2,1-4H3;(H3,1,2,3,4)/q+1;. The Kier molecular flexibility index (Phi) is 11.5. The number of nitrogens with zero attached hydrogens (tertiary/aromatic N) is 1. The SMILES string of the molecule is CCCCC[N+](CC)(CC)CC.O=P(O)(O)O. The van der Waals surface area contributed by atoms with Crippen LogP contribution in [0.5, 0.6) is 0 Å². The number of hydrogen-bond acceptors (Lipinski definition) is 1. The zero-order chi connectivity index (χ0) is 13.9. The fourth-order valence-corrected chi connectivity index (χ4v) is 1.84. The predicted octanol–water partition coefficient (Wildman–Crippen LogP) is 2.12. The summed E-state index contributed by atoms with van der Waals surface area (Å²) in [5.74, 6) is 0. The topological polar surface area (TPSA) is 77.8 Å². The maximum Gasteiger partial charge on any atom is 0.466 e. The molecule has 0 heterocycles. The van der Waals surface area contributed by atoms with Gasteiger partial charge in [-0.25, -0.2) is 4.57 Å². The van der Waals surface area contributed by atoms with Crippen molar-refractivity contribution >= 4 is 7.82 Å². The van der Waals surface area contributed by atoms with Gasteiger partial charge in [0.25, 0.3) is 0 Å². The van der Waals surface area contributed by atoms with E-state index in [9.17, 15) is 0 Å². The Bertz CT molecular complexity index is 197. The normalized spacial score (nSPS) is 11.9. The molecule has 3 N–H and O–H groups in total. The molecule has 0 fully saturated rings. The molecule has 0 aliphatic carbocycles. The van der Waals surface area contributed by atoms with Gasteiger partial charge in [-0.2, -0.15) is 0 Å². The third-order valence-corrected chi connectivity index (χ3v) is 3.25. The zero-order valence-electron chi connectivity index (χ0n) is 11.6. The lowest BCUT2D eigenvalue weighted by Gasteiger charge is -2.35. The summed E-state index contributed by atoms with van der Waals surface area (Å²) in [6.07, 6.45) is 4.16. The smallest absolute Gasteiger partial charge is 0.324 e. The molecule has 0 saturated heterocycles. The molecule has 0 aromatic carbocycles. The van der Waals surface area contributed by atoms with Crippen molar-refractivity contribution in [1.29, 1.82) is 0 Å². The lowest BCUT2D eigenvalue weighted by atomic mass is 10.2. The summed E-state index contributed by atoms with van der Waals surface area (Å²) in [5, 5.41) is 0. The van der Waals surface area contributed by atoms with Crippen molar-refractivity contribution in [3.05, 3.63) is 0 Å². The van der Waals surface area contributed by atoms with Gasteiger partial charge in [-0.05, 0) is 33.6 Å². The van der Waals surface area contributed by atoms with Gasteiger partial charge in [0.2, 0.25) is 0 Å². The van der Waals surface area contributed by atoms with E-state index in [0.717, 1.165) is 0 Å². The van der Waals surface area contributed by atoms with Crippen LogP contribution in [0.25, 0.3) is 0 Å². The van der Waals surface area contributed by atoms with E-state index in [1.54, 1.807) is 0 Å². The average molecular weight is 270 g/mol. The predicted molar refractivity (Wildman–Crippen MR) is 70.5 cm³/mol. The van der Waals surface area contributed by atoms with E-state index in [0.29, 0.717) is 0 Å². The molecule has 0 rings (SSSR count). The molecule has 0 aliphatic heterocycles. The quantitative estimate of drug-likeness (QED) is 0.376. The molecule has 0 aliphatic rings. The monoisotopic (exact) mass is 270 g/mol. The van der Waals surface area contributed by atoms with Crippen LogP contribution in [-0.4, -0.2) is 45.3 Å². The first-order chi connectivity index (χ1) is 7.74. The van der Waals surface area contributed by atoms with Crippen molar-refractivity contribution in [2.45, 2.75) is 47.0 Å². The van der Waals surface area contributed by atoms with Crippen LogP contribution in [-0.2, 0) is 4.57 Å². The molecule has 0 unspecified atom stereocenters. The van der Waals surface area contributed by atoms with Gasteiger partial charge in [0.1, 0.15) is 0 Å². The molecule has 0 spiro atoms. The molecule has 5 nitrogen and oxygen atoms in total. The van der Waals surface area contributed by atoms with Gasteiger partial charge in [-0.15, -0.1) is 0 Å². The van der Waals surface area contributed by atoms with E-state index in [-0.39, 0.29) is 0 Å². The number of phosphoric acid groups is 1. The van der Waals surface area contributed by atoms with Gasteiger partial charge in [0, 0.05) is 0 Å². The van der Waals surface area contributed by atoms with Crippen molar-refractivity contribution in [2.75, 3.05) is 26.2 Å². The summed E-state index contributed by atoms with van der Waals surface area (Å²) in [6, 6.07) is 0. The average Bonchev–Trinajstić information content (AvgIpc) is 2.23. The van der Waals surface area contributed by atoms with Crippen LogP contribution < -0.4 is 0 Å². The molecule has 0 amide bonds. The van der Waals surface area contributed by atoms with Crippen LogP contribution in [0, 0.1) is 0 Å². The molecule has 0 aromatic heterocycles. The number of rotatable bonds is 7. The van der Waals surface area contributed by atoms with Crippen LogP contribution in [0.2, 0.25) is 0 Å². The molecule has 0 bridgehead atoms. The minimum atomic E-state index is -4.64. The van der Waals surface area contributed by atoms with Gasteiger partial charge in [0.15, 0.2) is 0 Å². The fraction of sp³-hybridized carbons (Fsp3) is 1.00. The minimum absolute atomic E-state index is 1.30. The van der Waals surface area contributed by atoms with Gasteiger partial charge in [-0.3, -0.25) is 0 Å². The molecule has 0 saturated carbocycles. The summed E-state index contributed by atoms with van der Waals surface area (Å²) in [7, 11) is -4.64. The second-order valence-electron chi connectivity index (χ2n) is 4.23. The maximum atomic E-state index is 8.88. The molecule has 0 aromatic rings. The van der Waals surface area contributed by atoms with Gasteiger partial charge < -0.3 is 19.2 Å². The third kappa shape index (κ3) is 14.0. The van der Waals surface area contributed by atoms with Gasteiger partial charge in [-0.1, -0.05) is 13.3 Å². The minimum Gasteiger partial charge on any atom is -0.324 e. The molecule has 0 radical (unpaired) electrons. The van der Waals surface area contributed by atoms with Crippen molar-refractivity contribution in [2.24, 2.45) is 0 Å². The van der Waals surface area contributed by atoms with E-state index < -0.39 is 7.82 Å². The van der Waals surface area contributed by atoms with Crippen LogP contribution in [0.4, 0.5) is 0 Å². The number of unbranched alkanes of at least 4 members (excludes halogenated alkanes) is 2. The van der Waals surface area contributed by atoms with E-state index in [1.807, 2.05) is 0 Å². The highest BCUT2D eigenvalue weighted by Crippen LogP contribution is 2.25. The molecule has 106 valence electrons. The summed E-state index contributed by atoms with van der Waals surface area (Å²) >= 11 is 0. The summed E-state index contributed by atoms with van der Waals surface area (Å²) in [6.45, 7) is 14.5. The van der Waals surface area contributed by atoms with Crippen molar-refractivity contribution in [3.63, 3.8) is 0 Å². The molecule has 17 heavy (non-hydrogen) atoms. The van der Waals surface area contributed by atoms with E-state index in [2.05, 4.69) is 27.7 Å². The van der Waals surface area contributed by atoms with Gasteiger partial charge in [0.05, 0.1) is 26.2 Å². The van der Waals surface area contributed by atoms with Crippen molar-refractivity contribution < 1.29 is 23.7 Å². The van der Waals surface area contributed by atoms with Crippen molar-refractivity contribution in [3.8, 4) is 0 Å². The Morgan fingerprint density at radius 1 is 0.882 bits per heavy atom. The second kappa shape index (κ2) is 10.0. The van der Waals surface area contributed by atoms with E-state index in [4.69, 9.17) is 19.2 Å². The van der Waals surface area contributed by atoms with E-state index >= 15 is 0 Å². The number of hydrogen-bond donors (Lipinski definition) is 3. The lowest BCUT2D eigenvalue weighted by Crippen LogP contribution is -2.48. The van der Waals surface area contributed by atoms with Crippen molar-refractivity contribution in [1.82, 2.24) is 0 Å². The molecule has 0 atom stereocenters. The first kappa shape index (κ1) is 19.4. The number of quaternary nitrogens is 1. The molecular weight excluding hydrogens is 241 g/mol. The highest BCUT2D eigenvalue weighted by Gasteiger charge is 2.18. The Balaban J connectivity index is 0. The summed E-state index contributed by atoms with van der Waals surface area (Å²) in [5.41, 5.74) is 0. The Morgan fingerprint density at radius 2 is 1.24 bits per heavy atom. The first-order valence-electron chi connectivity index (χ1n) is 6.38. The second-order valence-corrected chi connectivity index (χ2v) is 5.26. The third-order valence-electron chi connectivity index (χ3n) is 3.25. The van der Waals surface area contributed by atoms with Crippen LogP contribution in [0.1, 0.15) is 47.0 Å². The fourth-order valence-electron chi connectivity index (χ4n) is 1.84. The van der Waals surface area contributed by atoms with Crippen LogP contribution >= 0.6 is 7.82 Å². The summed E-state index contributed by atoms with van der Waals surface area (Å²) in [4.78, 5) is 21.6. The Labute approximate surface area is 105 Å². The lowest BCUT2D eigenvalue weighted by molar-refractivity contribution is -0.923. The summed E-state index contributed by atoms with van der Waals surface area (Å²) < 4.78 is 10.2.